The first kappa shape index (κ1) is 13.1. The lowest BCUT2D eigenvalue weighted by molar-refractivity contribution is 0.296. The zero-order valence-electron chi connectivity index (χ0n) is 10.9. The maximum atomic E-state index is 13.5. The van der Waals surface area contributed by atoms with Crippen LogP contribution in [-0.4, -0.2) is 0 Å². The molecule has 2 rings (SSSR count). The largest absolute Gasteiger partial charge is 0.488 e. The van der Waals surface area contributed by atoms with Crippen molar-refractivity contribution in [2.75, 3.05) is 0 Å². The third-order valence-electron chi connectivity index (χ3n) is 2.92. The second-order valence-electron chi connectivity index (χ2n) is 4.43. The molecule has 2 nitrogen and oxygen atoms in total. The smallest absolute Gasteiger partial charge is 0.129 e. The summed E-state index contributed by atoms with van der Waals surface area (Å²) in [6, 6.07) is 12.2. The zero-order valence-corrected chi connectivity index (χ0v) is 10.9. The Labute approximate surface area is 112 Å². The average Bonchev–Trinajstić information content (AvgIpc) is 2.39. The Morgan fingerprint density at radius 2 is 1.79 bits per heavy atom. The molecule has 0 bridgehead atoms. The molecule has 0 saturated carbocycles. The molecule has 0 aliphatic carbocycles. The van der Waals surface area contributed by atoms with Gasteiger partial charge in [0.25, 0.3) is 0 Å². The van der Waals surface area contributed by atoms with E-state index in [0.29, 0.717) is 16.9 Å². The molecule has 0 atom stereocenters. The second kappa shape index (κ2) is 5.53. The van der Waals surface area contributed by atoms with Crippen molar-refractivity contribution in [3.63, 3.8) is 0 Å². The Balaban J connectivity index is 2.21. The summed E-state index contributed by atoms with van der Waals surface area (Å²) >= 11 is 0. The van der Waals surface area contributed by atoms with Crippen molar-refractivity contribution in [2.45, 2.75) is 20.5 Å². The molecular formula is C16H14FNO. The summed E-state index contributed by atoms with van der Waals surface area (Å²) in [5.74, 6) is 0.439. The quantitative estimate of drug-likeness (QED) is 0.833. The van der Waals surface area contributed by atoms with E-state index in [1.807, 2.05) is 13.8 Å². The first-order chi connectivity index (χ1) is 9.11. The van der Waals surface area contributed by atoms with Crippen molar-refractivity contribution in [1.29, 1.82) is 5.26 Å². The Kier molecular flexibility index (Phi) is 3.82. The lowest BCUT2D eigenvalue weighted by Gasteiger charge is -2.13. The van der Waals surface area contributed by atoms with E-state index >= 15 is 0 Å². The van der Waals surface area contributed by atoms with Gasteiger partial charge in [-0.1, -0.05) is 18.2 Å². The Morgan fingerprint density at radius 1 is 1.16 bits per heavy atom. The third kappa shape index (κ3) is 2.92. The summed E-state index contributed by atoms with van der Waals surface area (Å²) in [4.78, 5) is 0. The molecule has 0 fully saturated rings. The number of hydrogen-bond acceptors (Lipinski definition) is 2. The average molecular weight is 255 g/mol. The van der Waals surface area contributed by atoms with Crippen molar-refractivity contribution >= 4 is 0 Å². The van der Waals surface area contributed by atoms with Gasteiger partial charge in [-0.05, 0) is 43.2 Å². The fourth-order valence-electron chi connectivity index (χ4n) is 2.01. The third-order valence-corrected chi connectivity index (χ3v) is 2.92. The van der Waals surface area contributed by atoms with Crippen LogP contribution in [0.2, 0.25) is 0 Å². The van der Waals surface area contributed by atoms with Gasteiger partial charge in [0.1, 0.15) is 18.2 Å². The molecule has 0 heterocycles. The van der Waals surface area contributed by atoms with Crippen molar-refractivity contribution in [2.24, 2.45) is 0 Å². The van der Waals surface area contributed by atoms with Gasteiger partial charge in [-0.25, -0.2) is 4.39 Å². The zero-order chi connectivity index (χ0) is 13.8. The van der Waals surface area contributed by atoms with E-state index in [9.17, 15) is 4.39 Å². The van der Waals surface area contributed by atoms with Crippen molar-refractivity contribution < 1.29 is 9.13 Å². The lowest BCUT2D eigenvalue weighted by Crippen LogP contribution is -2.01. The Hall–Kier alpha value is -2.34. The molecule has 96 valence electrons. The van der Waals surface area contributed by atoms with Crippen LogP contribution in [0.25, 0.3) is 0 Å². The standard InChI is InChI=1S/C16H14FNO/c1-11-7-13(9-18)8-12(2)16(11)19-10-14-5-3-4-6-15(14)17/h3-8H,10H2,1-2H3. The molecule has 0 amide bonds. The van der Waals surface area contributed by atoms with Crippen LogP contribution >= 0.6 is 0 Å². The highest BCUT2D eigenvalue weighted by atomic mass is 19.1. The topological polar surface area (TPSA) is 33.0 Å². The van der Waals surface area contributed by atoms with Gasteiger partial charge in [0.2, 0.25) is 0 Å². The normalized spacial score (nSPS) is 10.0. The van der Waals surface area contributed by atoms with Crippen LogP contribution < -0.4 is 4.74 Å². The van der Waals surface area contributed by atoms with Crippen LogP contribution in [0.15, 0.2) is 36.4 Å². The van der Waals surface area contributed by atoms with Gasteiger partial charge < -0.3 is 4.74 Å². The van der Waals surface area contributed by atoms with Crippen molar-refractivity contribution in [3.8, 4) is 11.8 Å². The monoisotopic (exact) mass is 255 g/mol. The summed E-state index contributed by atoms with van der Waals surface area (Å²) in [5, 5.41) is 8.88. The van der Waals surface area contributed by atoms with E-state index in [2.05, 4.69) is 6.07 Å². The van der Waals surface area contributed by atoms with E-state index < -0.39 is 0 Å². The minimum Gasteiger partial charge on any atom is -0.488 e. The number of aryl methyl sites for hydroxylation is 2. The molecule has 0 spiro atoms. The van der Waals surface area contributed by atoms with Crippen molar-refractivity contribution in [3.05, 3.63) is 64.5 Å². The minimum absolute atomic E-state index is 0.181. The van der Waals surface area contributed by atoms with E-state index in [-0.39, 0.29) is 12.4 Å². The maximum Gasteiger partial charge on any atom is 0.129 e. The molecule has 0 aromatic heterocycles. The molecule has 0 unspecified atom stereocenters. The fourth-order valence-corrected chi connectivity index (χ4v) is 2.01. The SMILES string of the molecule is Cc1cc(C#N)cc(C)c1OCc1ccccc1F. The molecule has 3 heteroatoms. The molecule has 2 aromatic carbocycles. The number of hydrogen-bond donors (Lipinski definition) is 0. The first-order valence-corrected chi connectivity index (χ1v) is 5.99. The molecule has 0 N–H and O–H groups in total. The summed E-state index contributed by atoms with van der Waals surface area (Å²) in [6.07, 6.45) is 0. The Morgan fingerprint density at radius 3 is 2.37 bits per heavy atom. The number of nitriles is 1. The van der Waals surface area contributed by atoms with Gasteiger partial charge >= 0.3 is 0 Å². The van der Waals surface area contributed by atoms with E-state index in [4.69, 9.17) is 10.00 Å². The molecule has 0 aliphatic heterocycles. The minimum atomic E-state index is -0.272. The van der Waals surface area contributed by atoms with E-state index in [1.54, 1.807) is 30.3 Å². The highest BCUT2D eigenvalue weighted by Crippen LogP contribution is 2.25. The van der Waals surface area contributed by atoms with Crippen molar-refractivity contribution in [1.82, 2.24) is 0 Å². The van der Waals surface area contributed by atoms with Gasteiger partial charge in [-0.2, -0.15) is 5.26 Å². The van der Waals surface area contributed by atoms with Crippen LogP contribution in [0.1, 0.15) is 22.3 Å². The van der Waals surface area contributed by atoms with Crippen LogP contribution in [0, 0.1) is 31.0 Å². The molecular weight excluding hydrogens is 241 g/mol. The van der Waals surface area contributed by atoms with Crippen LogP contribution in [0.4, 0.5) is 4.39 Å². The summed E-state index contributed by atoms with van der Waals surface area (Å²) in [6.45, 7) is 3.94. The molecule has 0 saturated heterocycles. The summed E-state index contributed by atoms with van der Waals surface area (Å²) in [7, 11) is 0. The second-order valence-corrected chi connectivity index (χ2v) is 4.43. The van der Waals surface area contributed by atoms with Gasteiger partial charge in [-0.15, -0.1) is 0 Å². The predicted octanol–water partition coefficient (Wildman–Crippen LogP) is 3.89. The number of benzene rings is 2. The van der Waals surface area contributed by atoms with Crippen LogP contribution in [-0.2, 0) is 6.61 Å². The van der Waals surface area contributed by atoms with Gasteiger partial charge in [0.05, 0.1) is 11.6 Å². The van der Waals surface area contributed by atoms with Gasteiger partial charge in [-0.3, -0.25) is 0 Å². The highest BCUT2D eigenvalue weighted by molar-refractivity contribution is 5.47. The molecule has 2 aromatic rings. The van der Waals surface area contributed by atoms with Crippen LogP contribution in [0.3, 0.4) is 0 Å². The van der Waals surface area contributed by atoms with Crippen LogP contribution in [0.5, 0.6) is 5.75 Å². The van der Waals surface area contributed by atoms with Gasteiger partial charge in [0, 0.05) is 5.56 Å². The number of halogens is 1. The lowest BCUT2D eigenvalue weighted by atomic mass is 10.1. The van der Waals surface area contributed by atoms with E-state index in [0.717, 1.165) is 11.1 Å². The number of nitrogens with zero attached hydrogens (tertiary/aromatic N) is 1. The number of ether oxygens (including phenoxy) is 1. The highest BCUT2D eigenvalue weighted by Gasteiger charge is 2.08. The predicted molar refractivity (Wildman–Crippen MR) is 71.4 cm³/mol. The number of rotatable bonds is 3. The Bertz CT molecular complexity index is 620. The fraction of sp³-hybridized carbons (Fsp3) is 0.188. The molecule has 0 aliphatic rings. The summed E-state index contributed by atoms with van der Waals surface area (Å²) < 4.78 is 19.2. The van der Waals surface area contributed by atoms with E-state index in [1.165, 1.54) is 6.07 Å². The summed E-state index contributed by atoms with van der Waals surface area (Å²) in [5.41, 5.74) is 2.89. The molecule has 0 radical (unpaired) electrons. The molecule has 19 heavy (non-hydrogen) atoms. The maximum absolute atomic E-state index is 13.5. The van der Waals surface area contributed by atoms with Gasteiger partial charge in [0.15, 0.2) is 0 Å². The first-order valence-electron chi connectivity index (χ1n) is 5.99.